The van der Waals surface area contributed by atoms with Crippen molar-refractivity contribution in [3.8, 4) is 0 Å². The van der Waals surface area contributed by atoms with Crippen LogP contribution in [0.3, 0.4) is 0 Å². The Morgan fingerprint density at radius 2 is 1.50 bits per heavy atom. The minimum absolute atomic E-state index is 0. The van der Waals surface area contributed by atoms with Crippen molar-refractivity contribution < 1.29 is 18.6 Å². The second kappa shape index (κ2) is 3.59. The third kappa shape index (κ3) is 2.05. The van der Waals surface area contributed by atoms with Crippen molar-refractivity contribution in [3.63, 3.8) is 0 Å². The van der Waals surface area contributed by atoms with Crippen molar-refractivity contribution >= 4 is 5.69 Å². The molecule has 0 spiro atoms. The van der Waals surface area contributed by atoms with Gasteiger partial charge in [0, 0.05) is 18.6 Å². The van der Waals surface area contributed by atoms with E-state index in [0.29, 0.717) is 5.69 Å². The fourth-order valence-corrected chi connectivity index (χ4v) is 0.438. The van der Waals surface area contributed by atoms with Gasteiger partial charge in [-0.3, -0.25) is 0 Å². The first-order valence-electron chi connectivity index (χ1n) is 2.16. The van der Waals surface area contributed by atoms with Gasteiger partial charge in [-0.15, -0.1) is 5.69 Å². The largest absolute Gasteiger partial charge is 0.699 e. The summed E-state index contributed by atoms with van der Waals surface area (Å²) < 4.78 is 0. The predicted molar refractivity (Wildman–Crippen MR) is 30.4 cm³/mol. The molecular weight excluding hydrogens is 137 g/mol. The van der Waals surface area contributed by atoms with Crippen LogP contribution < -0.4 is 0 Å². The second-order valence-corrected chi connectivity index (χ2v) is 1.37. The maximum atomic E-state index is 7.00. The molecule has 0 unspecified atom stereocenters. The van der Waals surface area contributed by atoms with Crippen molar-refractivity contribution in [2.45, 2.75) is 0 Å². The van der Waals surface area contributed by atoms with Crippen molar-refractivity contribution in [2.75, 3.05) is 0 Å². The first kappa shape index (κ1) is 7.60. The predicted octanol–water partition coefficient (Wildman–Crippen LogP) is 2.37. The topological polar surface area (TPSA) is 23.8 Å². The Balaban J connectivity index is 0.000000490. The molecule has 0 saturated heterocycles. The van der Waals surface area contributed by atoms with Crippen LogP contribution in [-0.4, -0.2) is 0 Å². The van der Waals surface area contributed by atoms with E-state index in [2.05, 4.69) is 0 Å². The molecule has 8 heavy (non-hydrogen) atoms. The second-order valence-electron chi connectivity index (χ2n) is 1.37. The molecule has 0 fully saturated rings. The van der Waals surface area contributed by atoms with Crippen LogP contribution in [0.2, 0.25) is 0 Å². The Labute approximate surface area is 60.8 Å². The smallest absolute Gasteiger partial charge is 0 e. The molecule has 1 aromatic rings. The molecule has 1 nitrogen and oxygen atoms in total. The summed E-state index contributed by atoms with van der Waals surface area (Å²) in [6.07, 6.45) is 0. The standard InChI is InChI=1S/C6H6N.V/c7-6-4-2-1-3-5-6;/h1-5,7H;/q-1;. The van der Waals surface area contributed by atoms with E-state index in [1.165, 1.54) is 0 Å². The fourth-order valence-electron chi connectivity index (χ4n) is 0.438. The Kier molecular flexibility index (Phi) is 3.41. The van der Waals surface area contributed by atoms with E-state index in [1.54, 1.807) is 12.1 Å². The molecule has 0 bridgehead atoms. The molecule has 0 amide bonds. The Morgan fingerprint density at radius 3 is 1.75 bits per heavy atom. The van der Waals surface area contributed by atoms with Gasteiger partial charge < -0.3 is 5.73 Å². The van der Waals surface area contributed by atoms with Crippen LogP contribution >= 0.6 is 0 Å². The van der Waals surface area contributed by atoms with E-state index in [0.717, 1.165) is 0 Å². The van der Waals surface area contributed by atoms with Crippen molar-refractivity contribution in [1.29, 1.82) is 0 Å². The van der Waals surface area contributed by atoms with Crippen LogP contribution in [0.25, 0.3) is 5.73 Å². The van der Waals surface area contributed by atoms with Gasteiger partial charge in [-0.1, -0.05) is 30.3 Å². The van der Waals surface area contributed by atoms with Crippen molar-refractivity contribution in [1.82, 2.24) is 0 Å². The molecule has 0 aliphatic carbocycles. The van der Waals surface area contributed by atoms with E-state index in [9.17, 15) is 0 Å². The van der Waals surface area contributed by atoms with Gasteiger partial charge in [0.25, 0.3) is 0 Å². The summed E-state index contributed by atoms with van der Waals surface area (Å²) in [5, 5.41) is 0. The summed E-state index contributed by atoms with van der Waals surface area (Å²) in [4.78, 5) is 0. The number of rotatable bonds is 0. The van der Waals surface area contributed by atoms with Crippen LogP contribution in [0.4, 0.5) is 5.69 Å². The quantitative estimate of drug-likeness (QED) is 0.532. The summed E-state index contributed by atoms with van der Waals surface area (Å²) >= 11 is 0. The third-order valence-electron chi connectivity index (χ3n) is 0.774. The Hall–Kier alpha value is -0.396. The van der Waals surface area contributed by atoms with Crippen LogP contribution in [-0.2, 0) is 18.6 Å². The zero-order chi connectivity index (χ0) is 5.11. The summed E-state index contributed by atoms with van der Waals surface area (Å²) in [6, 6.07) is 9.10. The zero-order valence-corrected chi connectivity index (χ0v) is 5.73. The first-order valence-corrected chi connectivity index (χ1v) is 2.16. The van der Waals surface area contributed by atoms with Crippen LogP contribution in [0, 0.1) is 0 Å². The third-order valence-corrected chi connectivity index (χ3v) is 0.774. The van der Waals surface area contributed by atoms with Gasteiger partial charge in [0.05, 0.1) is 0 Å². The van der Waals surface area contributed by atoms with Crippen LogP contribution in [0.5, 0.6) is 0 Å². The van der Waals surface area contributed by atoms with E-state index in [1.807, 2.05) is 18.2 Å². The minimum Gasteiger partial charge on any atom is -0.699 e. The zero-order valence-electron chi connectivity index (χ0n) is 4.33. The number of nitrogens with one attached hydrogen (secondary N) is 1. The summed E-state index contributed by atoms with van der Waals surface area (Å²) in [5.41, 5.74) is 7.57. The maximum absolute atomic E-state index is 7.00. The summed E-state index contributed by atoms with van der Waals surface area (Å²) in [6.45, 7) is 0. The fraction of sp³-hybridized carbons (Fsp3) is 0. The van der Waals surface area contributed by atoms with Gasteiger partial charge in [0.2, 0.25) is 0 Å². The molecular formula is C6H6NV-. The average molecular weight is 143 g/mol. The molecule has 41 valence electrons. The molecule has 1 aromatic carbocycles. The van der Waals surface area contributed by atoms with E-state index in [4.69, 9.17) is 5.73 Å². The Morgan fingerprint density at radius 1 is 1.00 bits per heavy atom. The number of hydrogen-bond donors (Lipinski definition) is 0. The van der Waals surface area contributed by atoms with Crippen LogP contribution in [0.15, 0.2) is 30.3 Å². The van der Waals surface area contributed by atoms with Gasteiger partial charge in [0.1, 0.15) is 0 Å². The molecule has 0 aromatic heterocycles. The van der Waals surface area contributed by atoms with Gasteiger partial charge in [0.15, 0.2) is 0 Å². The molecule has 0 aliphatic heterocycles. The Bertz CT molecular complexity index is 138. The first-order chi connectivity index (χ1) is 3.39. The van der Waals surface area contributed by atoms with Gasteiger partial charge in [-0.2, -0.15) is 0 Å². The monoisotopic (exact) mass is 143 g/mol. The molecule has 1 radical (unpaired) electrons. The molecule has 0 aliphatic rings. The van der Waals surface area contributed by atoms with Gasteiger partial charge >= 0.3 is 0 Å². The molecule has 0 atom stereocenters. The van der Waals surface area contributed by atoms with Crippen molar-refractivity contribution in [3.05, 3.63) is 36.1 Å². The van der Waals surface area contributed by atoms with Crippen LogP contribution in [0.1, 0.15) is 0 Å². The van der Waals surface area contributed by atoms with E-state index < -0.39 is 0 Å². The molecule has 1 rings (SSSR count). The summed E-state index contributed by atoms with van der Waals surface area (Å²) in [5.74, 6) is 0. The number of benzene rings is 1. The molecule has 0 heterocycles. The maximum Gasteiger partial charge on any atom is 0 e. The van der Waals surface area contributed by atoms with Crippen molar-refractivity contribution in [2.24, 2.45) is 0 Å². The molecule has 0 saturated carbocycles. The van der Waals surface area contributed by atoms with E-state index >= 15 is 0 Å². The summed E-state index contributed by atoms with van der Waals surface area (Å²) in [7, 11) is 0. The number of hydrogen-bond acceptors (Lipinski definition) is 0. The average Bonchev–Trinajstić information content (AvgIpc) is 1.69. The molecule has 1 N–H and O–H groups in total. The SMILES string of the molecule is [NH-]c1ccccc1.[V]. The van der Waals surface area contributed by atoms with Gasteiger partial charge in [-0.05, 0) is 0 Å². The van der Waals surface area contributed by atoms with E-state index in [-0.39, 0.29) is 18.6 Å². The normalized spacial score (nSPS) is 7.50. The minimum atomic E-state index is 0. The van der Waals surface area contributed by atoms with Gasteiger partial charge in [-0.25, -0.2) is 0 Å². The molecule has 2 heteroatoms.